The van der Waals surface area contributed by atoms with E-state index in [4.69, 9.17) is 5.26 Å². The molecule has 0 amide bonds. The molecule has 1 aromatic heterocycles. The Balaban J connectivity index is 2.78. The SMILES string of the molecule is CN(c1cc(-n2nc(C(F)(F)F)n(C)c2=O)c(F)cc1C#N)S(=O)[O-]. The largest absolute Gasteiger partial charge is 0.755 e. The lowest BCUT2D eigenvalue weighted by atomic mass is 10.1. The normalized spacial score (nSPS) is 12.7. The minimum atomic E-state index is -4.96. The van der Waals surface area contributed by atoms with Gasteiger partial charge in [0.05, 0.1) is 11.3 Å². The predicted octanol–water partition coefficient (Wildman–Crippen LogP) is 0.831. The molecule has 0 spiro atoms. The Morgan fingerprint density at radius 2 is 2.00 bits per heavy atom. The third-order valence-corrected chi connectivity index (χ3v) is 3.85. The molecule has 0 bridgehead atoms. The van der Waals surface area contributed by atoms with Gasteiger partial charge in [0.15, 0.2) is 5.82 Å². The Labute approximate surface area is 139 Å². The van der Waals surface area contributed by atoms with Gasteiger partial charge in [0.25, 0.3) is 0 Å². The van der Waals surface area contributed by atoms with Gasteiger partial charge >= 0.3 is 11.9 Å². The number of anilines is 1. The zero-order valence-electron chi connectivity index (χ0n) is 12.5. The fourth-order valence-corrected chi connectivity index (χ4v) is 2.30. The average molecular weight is 378 g/mol. The first kappa shape index (κ1) is 18.6. The van der Waals surface area contributed by atoms with Crippen molar-refractivity contribution in [2.24, 2.45) is 7.05 Å². The van der Waals surface area contributed by atoms with Crippen LogP contribution in [-0.4, -0.2) is 30.2 Å². The van der Waals surface area contributed by atoms with Crippen LogP contribution in [0.2, 0.25) is 0 Å². The molecule has 8 nitrogen and oxygen atoms in total. The van der Waals surface area contributed by atoms with Crippen molar-refractivity contribution in [3.63, 3.8) is 0 Å². The number of rotatable bonds is 3. The first-order chi connectivity index (χ1) is 11.5. The van der Waals surface area contributed by atoms with Crippen LogP contribution in [0.25, 0.3) is 5.69 Å². The summed E-state index contributed by atoms with van der Waals surface area (Å²) in [5, 5.41) is 12.0. The van der Waals surface area contributed by atoms with Gasteiger partial charge in [-0.25, -0.2) is 9.18 Å². The van der Waals surface area contributed by atoms with E-state index in [9.17, 15) is 31.1 Å². The van der Waals surface area contributed by atoms with E-state index in [1.54, 1.807) is 6.07 Å². The summed E-state index contributed by atoms with van der Waals surface area (Å²) in [6.07, 6.45) is -4.96. The molecule has 0 aliphatic carbocycles. The molecule has 0 N–H and O–H groups in total. The monoisotopic (exact) mass is 378 g/mol. The zero-order chi connectivity index (χ0) is 19.1. The highest BCUT2D eigenvalue weighted by Crippen LogP contribution is 2.29. The summed E-state index contributed by atoms with van der Waals surface area (Å²) in [6.45, 7) is 0. The van der Waals surface area contributed by atoms with Crippen LogP contribution < -0.4 is 9.99 Å². The zero-order valence-corrected chi connectivity index (χ0v) is 13.4. The number of halogens is 4. The molecule has 0 radical (unpaired) electrons. The number of nitrogens with zero attached hydrogens (tertiary/aromatic N) is 5. The first-order valence-electron chi connectivity index (χ1n) is 6.29. The summed E-state index contributed by atoms with van der Waals surface area (Å²) in [7, 11) is 1.83. The lowest BCUT2D eigenvalue weighted by Gasteiger charge is -2.22. The second-order valence-electron chi connectivity index (χ2n) is 4.72. The van der Waals surface area contributed by atoms with E-state index in [0.717, 1.165) is 20.2 Å². The van der Waals surface area contributed by atoms with E-state index < -0.39 is 46.0 Å². The molecule has 13 heteroatoms. The van der Waals surface area contributed by atoms with Gasteiger partial charge in [-0.3, -0.25) is 8.78 Å². The number of hydrogen-bond donors (Lipinski definition) is 0. The quantitative estimate of drug-likeness (QED) is 0.581. The van der Waals surface area contributed by atoms with Crippen molar-refractivity contribution in [1.29, 1.82) is 5.26 Å². The number of hydrogen-bond acceptors (Lipinski definition) is 5. The standard InChI is InChI=1S/C12H9F4N5O3S/c1-19-10(12(14,15)16)18-21(11(19)22)9-4-8(20(2)25(23)24)6(5-17)3-7(9)13/h3-4H,1-2H3,(H,23,24)/p-1. The summed E-state index contributed by atoms with van der Waals surface area (Å²) in [5.41, 5.74) is -2.76. The Morgan fingerprint density at radius 3 is 2.44 bits per heavy atom. The summed E-state index contributed by atoms with van der Waals surface area (Å²) in [5.74, 6) is -2.79. The summed E-state index contributed by atoms with van der Waals surface area (Å²) >= 11 is -2.85. The third-order valence-electron chi connectivity index (χ3n) is 3.21. The highest BCUT2D eigenvalue weighted by molar-refractivity contribution is 7.80. The van der Waals surface area contributed by atoms with Crippen molar-refractivity contribution >= 4 is 17.0 Å². The van der Waals surface area contributed by atoms with Gasteiger partial charge in [0.1, 0.15) is 11.8 Å². The molecular weight excluding hydrogens is 370 g/mol. The molecular formula is C12H8F4N5O3S-. The van der Waals surface area contributed by atoms with Crippen LogP contribution in [0.3, 0.4) is 0 Å². The second-order valence-corrected chi connectivity index (χ2v) is 5.70. The molecule has 0 aliphatic heterocycles. The number of alkyl halides is 3. The number of benzene rings is 1. The number of nitriles is 1. The third kappa shape index (κ3) is 3.26. The van der Waals surface area contributed by atoms with Crippen LogP contribution in [0.15, 0.2) is 16.9 Å². The molecule has 0 aliphatic rings. The Bertz CT molecular complexity index is 959. The Morgan fingerprint density at radius 1 is 1.40 bits per heavy atom. The van der Waals surface area contributed by atoms with Crippen molar-refractivity contribution in [3.8, 4) is 11.8 Å². The molecule has 0 saturated carbocycles. The fraction of sp³-hybridized carbons (Fsp3) is 0.250. The second kappa shape index (κ2) is 6.30. The van der Waals surface area contributed by atoms with Gasteiger partial charge in [-0.2, -0.15) is 23.1 Å². The molecule has 0 fully saturated rings. The van der Waals surface area contributed by atoms with Crippen LogP contribution in [-0.2, 0) is 24.5 Å². The highest BCUT2D eigenvalue weighted by atomic mass is 32.2. The summed E-state index contributed by atoms with van der Waals surface area (Å²) in [4.78, 5) is 12.0. The van der Waals surface area contributed by atoms with E-state index in [0.29, 0.717) is 10.4 Å². The number of aromatic nitrogens is 3. The van der Waals surface area contributed by atoms with Gasteiger partial charge in [0, 0.05) is 25.4 Å². The van der Waals surface area contributed by atoms with Crippen LogP contribution in [0.5, 0.6) is 0 Å². The van der Waals surface area contributed by atoms with Crippen LogP contribution in [0, 0.1) is 17.1 Å². The Kier molecular flexibility index (Phi) is 4.69. The fourth-order valence-electron chi connectivity index (χ4n) is 1.98. The maximum absolute atomic E-state index is 14.2. The summed E-state index contributed by atoms with van der Waals surface area (Å²) < 4.78 is 75.6. The van der Waals surface area contributed by atoms with Crippen molar-refractivity contribution in [3.05, 3.63) is 39.8 Å². The molecule has 1 aromatic carbocycles. The smallest absolute Gasteiger partial charge is 0.451 e. The van der Waals surface area contributed by atoms with Gasteiger partial charge in [-0.15, -0.1) is 5.10 Å². The van der Waals surface area contributed by atoms with Crippen molar-refractivity contribution in [2.45, 2.75) is 6.18 Å². The predicted molar refractivity (Wildman–Crippen MR) is 75.8 cm³/mol. The van der Waals surface area contributed by atoms with Gasteiger partial charge in [0.2, 0.25) is 5.82 Å². The van der Waals surface area contributed by atoms with Crippen LogP contribution in [0.4, 0.5) is 23.2 Å². The van der Waals surface area contributed by atoms with E-state index >= 15 is 0 Å². The molecule has 2 aromatic rings. The topological polar surface area (TPSA) is 107 Å². The van der Waals surface area contributed by atoms with E-state index in [1.807, 2.05) is 0 Å². The van der Waals surface area contributed by atoms with Gasteiger partial charge < -0.3 is 8.86 Å². The van der Waals surface area contributed by atoms with Crippen LogP contribution >= 0.6 is 0 Å². The maximum Gasteiger partial charge on any atom is 0.451 e. The molecule has 134 valence electrons. The molecule has 25 heavy (non-hydrogen) atoms. The van der Waals surface area contributed by atoms with Crippen LogP contribution in [0.1, 0.15) is 11.4 Å². The van der Waals surface area contributed by atoms with E-state index in [2.05, 4.69) is 5.10 Å². The Hall–Kier alpha value is -2.72. The lowest BCUT2D eigenvalue weighted by molar-refractivity contribution is -0.147. The molecule has 1 unspecified atom stereocenters. The molecule has 1 atom stereocenters. The molecule has 1 heterocycles. The summed E-state index contributed by atoms with van der Waals surface area (Å²) in [6, 6.07) is 2.91. The van der Waals surface area contributed by atoms with Crippen molar-refractivity contribution in [2.75, 3.05) is 11.4 Å². The maximum atomic E-state index is 14.2. The minimum Gasteiger partial charge on any atom is -0.755 e. The lowest BCUT2D eigenvalue weighted by Crippen LogP contribution is -2.25. The minimum absolute atomic E-state index is 0.143. The van der Waals surface area contributed by atoms with Gasteiger partial charge in [-0.1, -0.05) is 0 Å². The molecule has 2 rings (SSSR count). The van der Waals surface area contributed by atoms with Gasteiger partial charge in [-0.05, 0) is 12.1 Å². The molecule has 0 saturated heterocycles. The van der Waals surface area contributed by atoms with Crippen molar-refractivity contribution < 1.29 is 26.3 Å². The highest BCUT2D eigenvalue weighted by Gasteiger charge is 2.38. The van der Waals surface area contributed by atoms with E-state index in [-0.39, 0.29) is 14.9 Å². The van der Waals surface area contributed by atoms with E-state index in [1.165, 1.54) is 0 Å². The first-order valence-corrected chi connectivity index (χ1v) is 7.32. The average Bonchev–Trinajstić information content (AvgIpc) is 2.82. The van der Waals surface area contributed by atoms with Crippen molar-refractivity contribution in [1.82, 2.24) is 14.3 Å².